The molecule has 0 radical (unpaired) electrons. The highest BCUT2D eigenvalue weighted by Crippen LogP contribution is 2.55. The maximum atomic E-state index is 10.9. The van der Waals surface area contributed by atoms with Crippen LogP contribution in [0.4, 0.5) is 0 Å². The molecule has 0 atom stereocenters. The Morgan fingerprint density at radius 3 is 2.50 bits per heavy atom. The average Bonchev–Trinajstić information content (AvgIpc) is 3.01. The molecule has 3 nitrogen and oxygen atoms in total. The van der Waals surface area contributed by atoms with Crippen molar-refractivity contribution in [3.63, 3.8) is 0 Å². The van der Waals surface area contributed by atoms with Gasteiger partial charge in [0.15, 0.2) is 0 Å². The average molecular weight is 269 g/mol. The van der Waals surface area contributed by atoms with Crippen LogP contribution in [0.5, 0.6) is 5.75 Å². The summed E-state index contributed by atoms with van der Waals surface area (Å²) in [7, 11) is 0. The van der Waals surface area contributed by atoms with Crippen LogP contribution in [-0.4, -0.2) is 16.2 Å². The number of aromatic hydroxyl groups is 1. The van der Waals surface area contributed by atoms with Crippen molar-refractivity contribution >= 4 is 17.6 Å². The fourth-order valence-electron chi connectivity index (χ4n) is 2.34. The Morgan fingerprint density at radius 1 is 1.44 bits per heavy atom. The van der Waals surface area contributed by atoms with Gasteiger partial charge in [0.25, 0.3) is 0 Å². The lowest BCUT2D eigenvalue weighted by Gasteiger charge is -2.18. The quantitative estimate of drug-likeness (QED) is 0.876. The summed E-state index contributed by atoms with van der Waals surface area (Å²) in [6.07, 6.45) is 1.65. The summed E-state index contributed by atoms with van der Waals surface area (Å²) in [5, 5.41) is 19.4. The van der Waals surface area contributed by atoms with Crippen molar-refractivity contribution in [3.8, 4) is 5.75 Å². The van der Waals surface area contributed by atoms with Gasteiger partial charge in [-0.3, -0.25) is 4.79 Å². The number of phenolic OH excluding ortho intramolecular Hbond substituents is 1. The molecule has 0 spiro atoms. The fourth-order valence-corrected chi connectivity index (χ4v) is 2.57. The Hall–Kier alpha value is -1.22. The van der Waals surface area contributed by atoms with Gasteiger partial charge in [-0.1, -0.05) is 31.5 Å². The van der Waals surface area contributed by atoms with Crippen molar-refractivity contribution < 1.29 is 15.0 Å². The molecule has 4 heteroatoms. The minimum atomic E-state index is -0.835. The molecule has 0 bridgehead atoms. The second-order valence-electron chi connectivity index (χ2n) is 5.40. The van der Waals surface area contributed by atoms with Crippen molar-refractivity contribution in [2.75, 3.05) is 0 Å². The third-order valence-corrected chi connectivity index (χ3v) is 3.96. The first-order chi connectivity index (χ1) is 8.35. The number of phenols is 1. The van der Waals surface area contributed by atoms with E-state index < -0.39 is 11.4 Å². The monoisotopic (exact) mass is 268 g/mol. The summed E-state index contributed by atoms with van der Waals surface area (Å²) in [5.41, 5.74) is 1.32. The van der Waals surface area contributed by atoms with Crippen LogP contribution in [0.1, 0.15) is 50.2 Å². The van der Waals surface area contributed by atoms with Crippen LogP contribution in [-0.2, 0) is 10.2 Å². The van der Waals surface area contributed by atoms with Gasteiger partial charge in [-0.15, -0.1) is 0 Å². The van der Waals surface area contributed by atoms with Gasteiger partial charge in [-0.2, -0.15) is 0 Å². The zero-order valence-electron chi connectivity index (χ0n) is 10.5. The van der Waals surface area contributed by atoms with E-state index in [2.05, 4.69) is 0 Å². The molecule has 18 heavy (non-hydrogen) atoms. The van der Waals surface area contributed by atoms with Crippen molar-refractivity contribution in [1.82, 2.24) is 0 Å². The van der Waals surface area contributed by atoms with Crippen molar-refractivity contribution in [2.24, 2.45) is 0 Å². The van der Waals surface area contributed by atoms with E-state index in [1.165, 1.54) is 0 Å². The Kier molecular flexibility index (Phi) is 3.28. The number of carbonyl (C=O) groups is 1. The van der Waals surface area contributed by atoms with E-state index in [1.807, 2.05) is 19.9 Å². The highest BCUT2D eigenvalue weighted by Gasteiger charge is 2.48. The largest absolute Gasteiger partial charge is 0.506 e. The molecule has 1 aromatic rings. The fraction of sp³-hybridized carbons (Fsp3) is 0.500. The SMILES string of the molecule is CC(C)c1cc(Cl)c(O)c(C2(CC(=O)O)CC2)c1. The van der Waals surface area contributed by atoms with Gasteiger partial charge in [0.05, 0.1) is 11.4 Å². The Bertz CT molecular complexity index is 490. The van der Waals surface area contributed by atoms with E-state index >= 15 is 0 Å². The summed E-state index contributed by atoms with van der Waals surface area (Å²) >= 11 is 6.04. The molecule has 98 valence electrons. The highest BCUT2D eigenvalue weighted by atomic mass is 35.5. The van der Waals surface area contributed by atoms with E-state index in [-0.39, 0.29) is 12.2 Å². The van der Waals surface area contributed by atoms with E-state index in [4.69, 9.17) is 16.7 Å². The van der Waals surface area contributed by atoms with Crippen LogP contribution in [0.2, 0.25) is 5.02 Å². The van der Waals surface area contributed by atoms with Crippen LogP contribution < -0.4 is 0 Å². The lowest BCUT2D eigenvalue weighted by atomic mass is 9.88. The van der Waals surface area contributed by atoms with E-state index in [9.17, 15) is 9.90 Å². The number of carboxylic acid groups (broad SMARTS) is 1. The summed E-state index contributed by atoms with van der Waals surface area (Å²) in [6, 6.07) is 3.66. The summed E-state index contributed by atoms with van der Waals surface area (Å²) in [5.74, 6) is -0.500. The Morgan fingerprint density at radius 2 is 2.06 bits per heavy atom. The lowest BCUT2D eigenvalue weighted by Crippen LogP contribution is -2.13. The second-order valence-corrected chi connectivity index (χ2v) is 5.81. The molecule has 2 rings (SSSR count). The lowest BCUT2D eigenvalue weighted by molar-refractivity contribution is -0.137. The molecule has 0 heterocycles. The van der Waals surface area contributed by atoms with Gasteiger partial charge in [0.1, 0.15) is 5.75 Å². The van der Waals surface area contributed by atoms with Crippen molar-refractivity contribution in [2.45, 2.75) is 44.4 Å². The molecule has 1 aromatic carbocycles. The number of carboxylic acids is 1. The van der Waals surface area contributed by atoms with Gasteiger partial charge < -0.3 is 10.2 Å². The zero-order valence-corrected chi connectivity index (χ0v) is 11.3. The molecule has 0 aliphatic heterocycles. The third-order valence-electron chi connectivity index (χ3n) is 3.67. The van der Waals surface area contributed by atoms with Crippen molar-refractivity contribution in [1.29, 1.82) is 0 Å². The van der Waals surface area contributed by atoms with Crippen LogP contribution >= 0.6 is 11.6 Å². The van der Waals surface area contributed by atoms with Gasteiger partial charge in [0.2, 0.25) is 0 Å². The normalized spacial score (nSPS) is 16.9. The van der Waals surface area contributed by atoms with Crippen LogP contribution in [0.15, 0.2) is 12.1 Å². The van der Waals surface area contributed by atoms with Gasteiger partial charge >= 0.3 is 5.97 Å². The minimum Gasteiger partial charge on any atom is -0.506 e. The van der Waals surface area contributed by atoms with Gasteiger partial charge in [-0.05, 0) is 30.4 Å². The van der Waals surface area contributed by atoms with E-state index in [0.29, 0.717) is 16.5 Å². The molecule has 0 amide bonds. The molecule has 1 saturated carbocycles. The summed E-state index contributed by atoms with van der Waals surface area (Å²) < 4.78 is 0. The van der Waals surface area contributed by atoms with E-state index in [0.717, 1.165) is 18.4 Å². The number of hydrogen-bond acceptors (Lipinski definition) is 2. The van der Waals surface area contributed by atoms with Crippen LogP contribution in [0.25, 0.3) is 0 Å². The third kappa shape index (κ3) is 2.32. The maximum absolute atomic E-state index is 10.9. The highest BCUT2D eigenvalue weighted by molar-refractivity contribution is 6.32. The first-order valence-corrected chi connectivity index (χ1v) is 6.48. The van der Waals surface area contributed by atoms with Crippen LogP contribution in [0, 0.1) is 0 Å². The molecular formula is C14H17ClO3. The van der Waals surface area contributed by atoms with Crippen molar-refractivity contribution in [3.05, 3.63) is 28.3 Å². The Labute approximate surface area is 111 Å². The summed E-state index contributed by atoms with van der Waals surface area (Å²) in [6.45, 7) is 4.09. The predicted octanol–water partition coefficient (Wildman–Crippen LogP) is 3.68. The maximum Gasteiger partial charge on any atom is 0.304 e. The molecule has 1 fully saturated rings. The molecular weight excluding hydrogens is 252 g/mol. The molecule has 1 aliphatic rings. The number of benzene rings is 1. The summed E-state index contributed by atoms with van der Waals surface area (Å²) in [4.78, 5) is 10.9. The molecule has 1 aliphatic carbocycles. The van der Waals surface area contributed by atoms with E-state index in [1.54, 1.807) is 6.07 Å². The number of halogens is 1. The molecule has 0 saturated heterocycles. The topological polar surface area (TPSA) is 57.5 Å². The molecule has 0 unspecified atom stereocenters. The number of rotatable bonds is 4. The minimum absolute atomic E-state index is 0.0415. The second kappa shape index (κ2) is 4.47. The Balaban J connectivity index is 2.47. The number of aliphatic carboxylic acids is 1. The first-order valence-electron chi connectivity index (χ1n) is 6.10. The molecule has 2 N–H and O–H groups in total. The molecule has 0 aromatic heterocycles. The van der Waals surface area contributed by atoms with Crippen LogP contribution in [0.3, 0.4) is 0 Å². The first kappa shape index (κ1) is 13.2. The zero-order chi connectivity index (χ0) is 13.5. The van der Waals surface area contributed by atoms with Gasteiger partial charge in [0, 0.05) is 11.0 Å². The van der Waals surface area contributed by atoms with Gasteiger partial charge in [-0.25, -0.2) is 0 Å². The standard InChI is InChI=1S/C14H17ClO3/c1-8(2)9-5-10(13(18)11(15)6-9)14(3-4-14)7-12(16)17/h5-6,8,18H,3-4,7H2,1-2H3,(H,16,17). The smallest absolute Gasteiger partial charge is 0.304 e. The predicted molar refractivity (Wildman–Crippen MR) is 70.4 cm³/mol. The number of hydrogen-bond donors (Lipinski definition) is 2.